The minimum absolute atomic E-state index is 0.0658. The summed E-state index contributed by atoms with van der Waals surface area (Å²) in [4.78, 5) is 0. The lowest BCUT2D eigenvalue weighted by Gasteiger charge is -2.05. The summed E-state index contributed by atoms with van der Waals surface area (Å²) in [6.07, 6.45) is 0. The summed E-state index contributed by atoms with van der Waals surface area (Å²) in [6, 6.07) is 11.2. The van der Waals surface area contributed by atoms with Gasteiger partial charge in [-0.1, -0.05) is 35.9 Å². The Morgan fingerprint density at radius 1 is 1.00 bits per heavy atom. The number of hydrogen-bond donors (Lipinski definition) is 2. The number of halogens is 1. The third kappa shape index (κ3) is 3.41. The van der Waals surface area contributed by atoms with Gasteiger partial charge in [0, 0.05) is 6.54 Å². The third-order valence-electron chi connectivity index (χ3n) is 2.31. The molecule has 0 spiro atoms. The number of aliphatic hydroxyl groups excluding tert-OH is 1. The predicted molar refractivity (Wildman–Crippen MR) is 66.7 cm³/mol. The molecule has 0 fully saturated rings. The van der Waals surface area contributed by atoms with Crippen molar-refractivity contribution in [2.75, 3.05) is 5.32 Å². The molecule has 0 aliphatic heterocycles. The lowest BCUT2D eigenvalue weighted by molar-refractivity contribution is 0.282. The van der Waals surface area contributed by atoms with Gasteiger partial charge >= 0.3 is 0 Å². The predicted octanol–water partition coefficient (Wildman–Crippen LogP) is 2.23. The Labute approximate surface area is 104 Å². The van der Waals surface area contributed by atoms with E-state index >= 15 is 0 Å². The molecule has 1 aromatic carbocycles. The van der Waals surface area contributed by atoms with Gasteiger partial charge in [-0.05, 0) is 23.3 Å². The fourth-order valence-corrected chi connectivity index (χ4v) is 1.47. The summed E-state index contributed by atoms with van der Waals surface area (Å²) in [5.41, 5.74) is 2.01. The first-order chi connectivity index (χ1) is 8.28. The average molecular weight is 250 g/mol. The van der Waals surface area contributed by atoms with Crippen LogP contribution in [0.3, 0.4) is 0 Å². The molecule has 0 radical (unpaired) electrons. The summed E-state index contributed by atoms with van der Waals surface area (Å²) in [5.74, 6) is 0.681. The molecule has 1 heterocycles. The van der Waals surface area contributed by atoms with Gasteiger partial charge in [-0.2, -0.15) is 0 Å². The van der Waals surface area contributed by atoms with E-state index in [0.29, 0.717) is 17.5 Å². The monoisotopic (exact) mass is 249 g/mol. The van der Waals surface area contributed by atoms with Crippen molar-refractivity contribution in [3.8, 4) is 0 Å². The normalized spacial score (nSPS) is 10.2. The van der Waals surface area contributed by atoms with Crippen LogP contribution >= 0.6 is 11.6 Å². The van der Waals surface area contributed by atoms with Crippen molar-refractivity contribution in [2.24, 2.45) is 0 Å². The van der Waals surface area contributed by atoms with E-state index in [1.165, 1.54) is 0 Å². The highest BCUT2D eigenvalue weighted by Gasteiger charge is 1.97. The number of aromatic nitrogens is 2. The minimum atomic E-state index is 0.0658. The van der Waals surface area contributed by atoms with Crippen LogP contribution in [0.1, 0.15) is 11.1 Å². The molecule has 0 saturated heterocycles. The number of hydrogen-bond acceptors (Lipinski definition) is 4. The fourth-order valence-electron chi connectivity index (χ4n) is 1.37. The molecule has 2 rings (SSSR count). The molecule has 88 valence electrons. The summed E-state index contributed by atoms with van der Waals surface area (Å²) in [5, 5.41) is 20.1. The zero-order valence-corrected chi connectivity index (χ0v) is 9.85. The van der Waals surface area contributed by atoms with Gasteiger partial charge in [0.2, 0.25) is 0 Å². The van der Waals surface area contributed by atoms with Crippen molar-refractivity contribution in [3.05, 3.63) is 52.7 Å². The van der Waals surface area contributed by atoms with E-state index in [2.05, 4.69) is 15.5 Å². The molecule has 0 atom stereocenters. The van der Waals surface area contributed by atoms with Crippen molar-refractivity contribution in [1.29, 1.82) is 0 Å². The Hall–Kier alpha value is -1.65. The van der Waals surface area contributed by atoms with Gasteiger partial charge in [-0.3, -0.25) is 0 Å². The second kappa shape index (κ2) is 5.61. The van der Waals surface area contributed by atoms with Crippen molar-refractivity contribution in [1.82, 2.24) is 10.2 Å². The van der Waals surface area contributed by atoms with Gasteiger partial charge in [-0.15, -0.1) is 10.2 Å². The van der Waals surface area contributed by atoms with Crippen molar-refractivity contribution in [3.63, 3.8) is 0 Å². The van der Waals surface area contributed by atoms with Gasteiger partial charge in [-0.25, -0.2) is 0 Å². The number of aliphatic hydroxyl groups is 1. The van der Waals surface area contributed by atoms with Gasteiger partial charge in [0.05, 0.1) is 6.61 Å². The molecule has 0 aliphatic carbocycles. The standard InChI is InChI=1S/C12H12ClN3O/c13-11-5-6-12(16-15-11)14-7-9-1-3-10(8-17)4-2-9/h1-6,17H,7-8H2,(H,14,16). The smallest absolute Gasteiger partial charge is 0.151 e. The van der Waals surface area contributed by atoms with E-state index in [1.54, 1.807) is 12.1 Å². The second-order valence-corrected chi connectivity index (χ2v) is 3.96. The van der Waals surface area contributed by atoms with Crippen LogP contribution in [0.4, 0.5) is 5.82 Å². The molecule has 0 bridgehead atoms. The number of anilines is 1. The zero-order chi connectivity index (χ0) is 12.1. The highest BCUT2D eigenvalue weighted by Crippen LogP contribution is 2.09. The molecule has 17 heavy (non-hydrogen) atoms. The lowest BCUT2D eigenvalue weighted by atomic mass is 10.1. The maximum atomic E-state index is 8.92. The quantitative estimate of drug-likeness (QED) is 0.873. The van der Waals surface area contributed by atoms with E-state index in [1.807, 2.05) is 24.3 Å². The molecule has 5 heteroatoms. The van der Waals surface area contributed by atoms with E-state index < -0.39 is 0 Å². The van der Waals surface area contributed by atoms with Gasteiger partial charge in [0.15, 0.2) is 5.15 Å². The van der Waals surface area contributed by atoms with Crippen LogP contribution in [0.15, 0.2) is 36.4 Å². The van der Waals surface area contributed by atoms with Crippen molar-refractivity contribution in [2.45, 2.75) is 13.2 Å². The number of nitrogens with one attached hydrogen (secondary N) is 1. The first-order valence-corrected chi connectivity index (χ1v) is 5.57. The maximum Gasteiger partial charge on any atom is 0.151 e. The highest BCUT2D eigenvalue weighted by molar-refractivity contribution is 6.29. The molecule has 1 aromatic heterocycles. The topological polar surface area (TPSA) is 58.0 Å². The van der Waals surface area contributed by atoms with Gasteiger partial charge in [0.25, 0.3) is 0 Å². The number of rotatable bonds is 4. The van der Waals surface area contributed by atoms with E-state index in [4.69, 9.17) is 16.7 Å². The average Bonchev–Trinajstić information content (AvgIpc) is 2.39. The van der Waals surface area contributed by atoms with Crippen LogP contribution in [-0.4, -0.2) is 15.3 Å². The third-order valence-corrected chi connectivity index (χ3v) is 2.51. The van der Waals surface area contributed by atoms with Gasteiger partial charge < -0.3 is 10.4 Å². The largest absolute Gasteiger partial charge is 0.392 e. The fraction of sp³-hybridized carbons (Fsp3) is 0.167. The SMILES string of the molecule is OCc1ccc(CNc2ccc(Cl)nn2)cc1. The van der Waals surface area contributed by atoms with Crippen LogP contribution in [0.25, 0.3) is 0 Å². The van der Waals surface area contributed by atoms with Crippen LogP contribution in [0.5, 0.6) is 0 Å². The molecule has 0 unspecified atom stereocenters. The Balaban J connectivity index is 1.95. The molecule has 0 aliphatic rings. The number of benzene rings is 1. The van der Waals surface area contributed by atoms with Crippen LogP contribution in [0.2, 0.25) is 5.15 Å². The minimum Gasteiger partial charge on any atom is -0.392 e. The molecule has 2 aromatic rings. The highest BCUT2D eigenvalue weighted by atomic mass is 35.5. The van der Waals surface area contributed by atoms with Crippen molar-refractivity contribution >= 4 is 17.4 Å². The zero-order valence-electron chi connectivity index (χ0n) is 9.10. The lowest BCUT2D eigenvalue weighted by Crippen LogP contribution is -2.02. The summed E-state index contributed by atoms with van der Waals surface area (Å²) in [6.45, 7) is 0.721. The first kappa shape index (κ1) is 11.8. The number of nitrogens with zero attached hydrogens (tertiary/aromatic N) is 2. The Morgan fingerprint density at radius 3 is 2.29 bits per heavy atom. The Kier molecular flexibility index (Phi) is 3.90. The first-order valence-electron chi connectivity index (χ1n) is 5.20. The Bertz CT molecular complexity index is 470. The van der Waals surface area contributed by atoms with Crippen molar-refractivity contribution < 1.29 is 5.11 Å². The van der Waals surface area contributed by atoms with E-state index in [9.17, 15) is 0 Å². The van der Waals surface area contributed by atoms with Crippen LogP contribution in [-0.2, 0) is 13.2 Å². The molecule has 4 nitrogen and oxygen atoms in total. The molecule has 0 amide bonds. The second-order valence-electron chi connectivity index (χ2n) is 3.57. The van der Waals surface area contributed by atoms with E-state index in [0.717, 1.165) is 11.1 Å². The Morgan fingerprint density at radius 2 is 1.71 bits per heavy atom. The summed E-state index contributed by atoms with van der Waals surface area (Å²) >= 11 is 5.64. The summed E-state index contributed by atoms with van der Waals surface area (Å²) < 4.78 is 0. The molecular formula is C12H12ClN3O. The van der Waals surface area contributed by atoms with E-state index in [-0.39, 0.29) is 6.61 Å². The van der Waals surface area contributed by atoms with Gasteiger partial charge in [0.1, 0.15) is 5.82 Å². The molecule has 2 N–H and O–H groups in total. The maximum absolute atomic E-state index is 8.92. The molecule has 0 saturated carbocycles. The summed E-state index contributed by atoms with van der Waals surface area (Å²) in [7, 11) is 0. The van der Waals surface area contributed by atoms with Crippen LogP contribution < -0.4 is 5.32 Å². The van der Waals surface area contributed by atoms with Crippen LogP contribution in [0, 0.1) is 0 Å². The molecular weight excluding hydrogens is 238 g/mol.